The summed E-state index contributed by atoms with van der Waals surface area (Å²) in [5.74, 6) is -0.0841. The summed E-state index contributed by atoms with van der Waals surface area (Å²) >= 11 is 12.2. The van der Waals surface area contributed by atoms with Crippen molar-refractivity contribution >= 4 is 48.1 Å². The Bertz CT molecular complexity index is 762. The van der Waals surface area contributed by atoms with Gasteiger partial charge in [0.1, 0.15) is 10.8 Å². The maximum atomic E-state index is 12.5. The number of rotatable bonds is 2. The molecule has 124 valence electrons. The van der Waals surface area contributed by atoms with E-state index >= 15 is 0 Å². The van der Waals surface area contributed by atoms with Crippen molar-refractivity contribution in [1.82, 2.24) is 15.3 Å². The van der Waals surface area contributed by atoms with E-state index in [1.165, 1.54) is 12.1 Å². The molecule has 1 amide bonds. The Morgan fingerprint density at radius 1 is 1.35 bits per heavy atom. The van der Waals surface area contributed by atoms with Crippen LogP contribution in [0.4, 0.5) is 0 Å². The summed E-state index contributed by atoms with van der Waals surface area (Å²) < 4.78 is 0. The predicted molar refractivity (Wildman–Crippen MR) is 98.4 cm³/mol. The molecular formula is C16H21Cl2N3OSi. The zero-order chi connectivity index (χ0) is 16.8. The molecule has 0 saturated carbocycles. The topological polar surface area (TPSA) is 57.8 Å². The number of halogens is 2. The van der Waals surface area contributed by atoms with E-state index in [4.69, 9.17) is 23.2 Å². The van der Waals surface area contributed by atoms with Crippen molar-refractivity contribution in [3.05, 3.63) is 27.6 Å². The van der Waals surface area contributed by atoms with Crippen LogP contribution in [0, 0.1) is 6.92 Å². The standard InChI is InChI=1S/C16H21Cl2N3OSi/c1-9-14-11(13(17)15(18)19-9)8-12(21-14)16(22)20-10-4-6-23(2,3)7-5-10/h8,10,21H,4-7H2,1-3H3,(H,20,22). The van der Waals surface area contributed by atoms with Crippen molar-refractivity contribution in [2.45, 2.75) is 51.0 Å². The van der Waals surface area contributed by atoms with E-state index in [0.29, 0.717) is 10.7 Å². The van der Waals surface area contributed by atoms with Gasteiger partial charge in [0.15, 0.2) is 0 Å². The van der Waals surface area contributed by atoms with E-state index in [1.807, 2.05) is 6.92 Å². The molecule has 0 aliphatic carbocycles. The van der Waals surface area contributed by atoms with Gasteiger partial charge in [0.05, 0.1) is 16.2 Å². The average molecular weight is 370 g/mol. The highest BCUT2D eigenvalue weighted by Crippen LogP contribution is 2.32. The fourth-order valence-electron chi connectivity index (χ4n) is 3.21. The molecule has 7 heteroatoms. The van der Waals surface area contributed by atoms with Crippen LogP contribution in [0.1, 0.15) is 29.0 Å². The van der Waals surface area contributed by atoms with Crippen molar-refractivity contribution in [3.63, 3.8) is 0 Å². The lowest BCUT2D eigenvalue weighted by Gasteiger charge is -2.33. The first-order valence-corrected chi connectivity index (χ1v) is 12.1. The first-order valence-electron chi connectivity index (χ1n) is 7.92. The number of aryl methyl sites for hydroxylation is 1. The lowest BCUT2D eigenvalue weighted by Crippen LogP contribution is -2.42. The molecule has 0 unspecified atom stereocenters. The number of aromatic amines is 1. The monoisotopic (exact) mass is 369 g/mol. The Hall–Kier alpha value is -1.04. The van der Waals surface area contributed by atoms with E-state index in [2.05, 4.69) is 28.4 Å². The van der Waals surface area contributed by atoms with Gasteiger partial charge >= 0.3 is 0 Å². The van der Waals surface area contributed by atoms with Crippen molar-refractivity contribution in [2.75, 3.05) is 0 Å². The van der Waals surface area contributed by atoms with Crippen LogP contribution in [0.15, 0.2) is 6.07 Å². The molecule has 1 fully saturated rings. The van der Waals surface area contributed by atoms with Gasteiger partial charge in [-0.1, -0.05) is 48.4 Å². The molecule has 23 heavy (non-hydrogen) atoms. The van der Waals surface area contributed by atoms with Crippen LogP contribution in [0.2, 0.25) is 35.4 Å². The Balaban J connectivity index is 1.79. The van der Waals surface area contributed by atoms with Crippen molar-refractivity contribution in [2.24, 2.45) is 0 Å². The number of carbonyl (C=O) groups is 1. The largest absolute Gasteiger partial charge is 0.349 e. The highest BCUT2D eigenvalue weighted by molar-refractivity contribution is 6.77. The number of pyridine rings is 1. The predicted octanol–water partition coefficient (Wildman–Crippen LogP) is 4.78. The summed E-state index contributed by atoms with van der Waals surface area (Å²) in [6, 6.07) is 4.58. The van der Waals surface area contributed by atoms with Gasteiger partial charge < -0.3 is 10.3 Å². The summed E-state index contributed by atoms with van der Waals surface area (Å²) in [6.07, 6.45) is 2.16. The highest BCUT2D eigenvalue weighted by Gasteiger charge is 2.29. The normalized spacial score (nSPS) is 18.3. The van der Waals surface area contributed by atoms with Crippen molar-refractivity contribution in [3.8, 4) is 0 Å². The molecule has 0 atom stereocenters. The second-order valence-corrected chi connectivity index (χ2v) is 13.3. The second kappa shape index (κ2) is 6.11. The number of H-pyrrole nitrogens is 1. The molecule has 2 N–H and O–H groups in total. The number of aromatic nitrogens is 2. The molecule has 1 saturated heterocycles. The lowest BCUT2D eigenvalue weighted by atomic mass is 10.1. The fraction of sp³-hybridized carbons (Fsp3) is 0.500. The van der Waals surface area contributed by atoms with Gasteiger partial charge in [-0.25, -0.2) is 4.98 Å². The molecule has 0 aromatic carbocycles. The number of amides is 1. The number of fused-ring (bicyclic) bond motifs is 1. The maximum absolute atomic E-state index is 12.5. The first kappa shape index (κ1) is 16.8. The molecule has 3 heterocycles. The minimum Gasteiger partial charge on any atom is -0.349 e. The summed E-state index contributed by atoms with van der Waals surface area (Å²) in [6.45, 7) is 6.69. The fourth-order valence-corrected chi connectivity index (χ4v) is 6.14. The van der Waals surface area contributed by atoms with Crippen LogP contribution in [-0.2, 0) is 0 Å². The molecule has 2 aromatic rings. The van der Waals surface area contributed by atoms with Crippen LogP contribution in [0.25, 0.3) is 10.9 Å². The third-order valence-electron chi connectivity index (χ3n) is 4.78. The summed E-state index contributed by atoms with van der Waals surface area (Å²) in [4.78, 5) is 19.8. The molecule has 0 spiro atoms. The van der Waals surface area contributed by atoms with Crippen molar-refractivity contribution in [1.29, 1.82) is 0 Å². The Morgan fingerprint density at radius 3 is 2.65 bits per heavy atom. The number of nitrogens with one attached hydrogen (secondary N) is 2. The Labute approximate surface area is 147 Å². The minimum atomic E-state index is -1.01. The molecule has 2 aromatic heterocycles. The SMILES string of the molecule is Cc1nc(Cl)c(Cl)c2cc(C(=O)NC3CC[Si](C)(C)CC3)[nH]c12. The Morgan fingerprint density at radius 2 is 2.00 bits per heavy atom. The molecule has 1 aliphatic rings. The highest BCUT2D eigenvalue weighted by atomic mass is 35.5. The smallest absolute Gasteiger partial charge is 0.267 e. The van der Waals surface area contributed by atoms with Gasteiger partial charge in [-0.2, -0.15) is 0 Å². The second-order valence-electron chi connectivity index (χ2n) is 7.19. The van der Waals surface area contributed by atoms with Crippen LogP contribution in [-0.4, -0.2) is 30.0 Å². The van der Waals surface area contributed by atoms with Gasteiger partial charge in [0, 0.05) is 19.5 Å². The van der Waals surface area contributed by atoms with E-state index in [-0.39, 0.29) is 17.1 Å². The summed E-state index contributed by atoms with van der Waals surface area (Å²) in [5.41, 5.74) is 2.01. The van der Waals surface area contributed by atoms with Crippen LogP contribution >= 0.6 is 23.2 Å². The number of nitrogens with zero attached hydrogens (tertiary/aromatic N) is 1. The number of hydrogen-bond acceptors (Lipinski definition) is 2. The Kier molecular flexibility index (Phi) is 4.46. The number of hydrogen-bond donors (Lipinski definition) is 2. The van der Waals surface area contributed by atoms with E-state index < -0.39 is 8.07 Å². The van der Waals surface area contributed by atoms with E-state index in [1.54, 1.807) is 6.07 Å². The zero-order valence-electron chi connectivity index (χ0n) is 13.6. The minimum absolute atomic E-state index is 0.0841. The zero-order valence-corrected chi connectivity index (χ0v) is 16.1. The molecule has 1 aliphatic heterocycles. The van der Waals surface area contributed by atoms with Crippen molar-refractivity contribution < 1.29 is 4.79 Å². The van der Waals surface area contributed by atoms with Crippen LogP contribution in [0.3, 0.4) is 0 Å². The van der Waals surface area contributed by atoms with Gasteiger partial charge in [-0.05, 0) is 25.8 Å². The third kappa shape index (κ3) is 3.42. The van der Waals surface area contributed by atoms with E-state index in [9.17, 15) is 4.79 Å². The average Bonchev–Trinajstić information content (AvgIpc) is 2.93. The molecule has 0 bridgehead atoms. The van der Waals surface area contributed by atoms with Crippen LogP contribution in [0.5, 0.6) is 0 Å². The first-order chi connectivity index (χ1) is 10.8. The number of carbonyl (C=O) groups excluding carboxylic acids is 1. The summed E-state index contributed by atoms with van der Waals surface area (Å²) in [7, 11) is -1.01. The third-order valence-corrected chi connectivity index (χ3v) is 8.82. The summed E-state index contributed by atoms with van der Waals surface area (Å²) in [5, 5.41) is 4.53. The molecular weight excluding hydrogens is 349 g/mol. The molecule has 0 radical (unpaired) electrons. The lowest BCUT2D eigenvalue weighted by molar-refractivity contribution is 0.0929. The van der Waals surface area contributed by atoms with Gasteiger partial charge in [-0.15, -0.1) is 0 Å². The van der Waals surface area contributed by atoms with E-state index in [0.717, 1.165) is 29.4 Å². The van der Waals surface area contributed by atoms with Gasteiger partial charge in [0.2, 0.25) is 0 Å². The quantitative estimate of drug-likeness (QED) is 0.590. The molecule has 4 nitrogen and oxygen atoms in total. The maximum Gasteiger partial charge on any atom is 0.267 e. The van der Waals surface area contributed by atoms with Crippen LogP contribution < -0.4 is 5.32 Å². The van der Waals surface area contributed by atoms with Gasteiger partial charge in [-0.3, -0.25) is 4.79 Å². The van der Waals surface area contributed by atoms with Gasteiger partial charge in [0.25, 0.3) is 5.91 Å². The molecule has 3 rings (SSSR count).